The van der Waals surface area contributed by atoms with Crippen LogP contribution in [0.3, 0.4) is 0 Å². The number of carbonyl (C=O) groups is 1. The van der Waals surface area contributed by atoms with E-state index in [9.17, 15) is 4.79 Å². The second-order valence-electron chi connectivity index (χ2n) is 4.45. The van der Waals surface area contributed by atoms with Crippen LogP contribution in [0.25, 0.3) is 16.7 Å². The minimum Gasteiger partial charge on any atom is -0.481 e. The number of benzene rings is 1. The first-order valence-corrected chi connectivity index (χ1v) is 7.65. The molecule has 0 aliphatic heterocycles. The number of thioether (sulfide) groups is 1. The van der Waals surface area contributed by atoms with E-state index in [2.05, 4.69) is 10.1 Å². The number of aromatic nitrogens is 3. The number of fused-ring (bicyclic) bond motifs is 3. The highest BCUT2D eigenvalue weighted by atomic mass is 32.2. The molecule has 2 aromatic heterocycles. The molecule has 0 fully saturated rings. The molecule has 7 heteroatoms. The van der Waals surface area contributed by atoms with Gasteiger partial charge in [-0.3, -0.25) is 9.89 Å². The van der Waals surface area contributed by atoms with E-state index in [1.165, 1.54) is 11.8 Å². The Balaban J connectivity index is 2.04. The average molecular weight is 305 g/mol. The van der Waals surface area contributed by atoms with Crippen molar-refractivity contribution in [3.05, 3.63) is 24.3 Å². The largest absolute Gasteiger partial charge is 0.481 e. The summed E-state index contributed by atoms with van der Waals surface area (Å²) in [6.45, 7) is 2.45. The van der Waals surface area contributed by atoms with Crippen LogP contribution < -0.4 is 4.74 Å². The number of para-hydroxylation sites is 2. The Labute approximate surface area is 125 Å². The van der Waals surface area contributed by atoms with Gasteiger partial charge in [-0.2, -0.15) is 0 Å². The van der Waals surface area contributed by atoms with Crippen molar-refractivity contribution >= 4 is 34.4 Å². The van der Waals surface area contributed by atoms with E-state index in [0.717, 1.165) is 21.6 Å². The molecule has 2 N–H and O–H groups in total. The molecule has 0 unspecified atom stereocenters. The zero-order valence-electron chi connectivity index (χ0n) is 11.5. The monoisotopic (exact) mass is 305 g/mol. The topological polar surface area (TPSA) is 79.6 Å². The normalized spacial score (nSPS) is 11.3. The lowest BCUT2D eigenvalue weighted by Gasteiger charge is -2.02. The van der Waals surface area contributed by atoms with Gasteiger partial charge in [-0.1, -0.05) is 12.1 Å². The molecule has 0 aliphatic carbocycles. The van der Waals surface area contributed by atoms with Crippen molar-refractivity contribution < 1.29 is 14.6 Å². The number of nitrogens with one attached hydrogen (secondary N) is 1. The van der Waals surface area contributed by atoms with E-state index in [4.69, 9.17) is 9.84 Å². The molecule has 0 bridgehead atoms. The van der Waals surface area contributed by atoms with Gasteiger partial charge in [0.15, 0.2) is 5.65 Å². The highest BCUT2D eigenvalue weighted by Crippen LogP contribution is 2.34. The number of ether oxygens (including phenoxy) is 1. The minimum absolute atomic E-state index is 0.105. The zero-order valence-corrected chi connectivity index (χ0v) is 12.3. The van der Waals surface area contributed by atoms with Crippen molar-refractivity contribution in [1.29, 1.82) is 0 Å². The van der Waals surface area contributed by atoms with Crippen LogP contribution in [0.1, 0.15) is 13.3 Å². The summed E-state index contributed by atoms with van der Waals surface area (Å²) in [4.78, 5) is 16.1. The third-order valence-electron chi connectivity index (χ3n) is 3.03. The van der Waals surface area contributed by atoms with E-state index in [1.54, 1.807) is 0 Å². The predicted molar refractivity (Wildman–Crippen MR) is 81.2 cm³/mol. The smallest absolute Gasteiger partial charge is 0.304 e. The summed E-state index contributed by atoms with van der Waals surface area (Å²) in [6, 6.07) is 7.82. The van der Waals surface area contributed by atoms with Crippen LogP contribution >= 0.6 is 11.8 Å². The summed E-state index contributed by atoms with van der Waals surface area (Å²) < 4.78 is 7.48. The molecule has 0 amide bonds. The Morgan fingerprint density at radius 3 is 3.05 bits per heavy atom. The van der Waals surface area contributed by atoms with Gasteiger partial charge in [0.25, 0.3) is 0 Å². The number of H-pyrrole nitrogens is 1. The van der Waals surface area contributed by atoms with E-state index in [0.29, 0.717) is 18.2 Å². The quantitative estimate of drug-likeness (QED) is 0.685. The lowest BCUT2D eigenvalue weighted by atomic mass is 10.3. The summed E-state index contributed by atoms with van der Waals surface area (Å²) in [5.74, 6) is 0.313. The van der Waals surface area contributed by atoms with Crippen LogP contribution in [0.4, 0.5) is 0 Å². The highest BCUT2D eigenvalue weighted by molar-refractivity contribution is 7.99. The van der Waals surface area contributed by atoms with Crippen molar-refractivity contribution in [1.82, 2.24) is 14.6 Å². The number of carboxylic acid groups (broad SMARTS) is 1. The molecular formula is C14H15N3O3S. The number of carboxylic acids is 1. The van der Waals surface area contributed by atoms with Crippen LogP contribution in [0.5, 0.6) is 5.88 Å². The lowest BCUT2D eigenvalue weighted by Crippen LogP contribution is -1.97. The van der Waals surface area contributed by atoms with E-state index >= 15 is 0 Å². The molecule has 2 heterocycles. The molecule has 0 saturated heterocycles. The average Bonchev–Trinajstić information content (AvgIpc) is 2.96. The fraction of sp³-hybridized carbons (Fsp3) is 0.286. The van der Waals surface area contributed by atoms with Crippen molar-refractivity contribution in [3.63, 3.8) is 0 Å². The Morgan fingerprint density at radius 1 is 1.48 bits per heavy atom. The molecular weight excluding hydrogens is 290 g/mol. The first-order valence-electron chi connectivity index (χ1n) is 6.67. The molecule has 6 nitrogen and oxygen atoms in total. The first-order chi connectivity index (χ1) is 10.2. The number of hydrogen-bond acceptors (Lipinski definition) is 4. The predicted octanol–water partition coefficient (Wildman–Crippen LogP) is 2.78. The Hall–Kier alpha value is -2.15. The Kier molecular flexibility index (Phi) is 3.74. The van der Waals surface area contributed by atoms with Crippen LogP contribution in [-0.2, 0) is 4.79 Å². The number of aliphatic carboxylic acids is 1. The van der Waals surface area contributed by atoms with Gasteiger partial charge in [0, 0.05) is 5.75 Å². The molecule has 0 spiro atoms. The fourth-order valence-electron chi connectivity index (χ4n) is 2.16. The molecule has 1 aromatic carbocycles. The summed E-state index contributed by atoms with van der Waals surface area (Å²) >= 11 is 1.45. The number of aromatic amines is 1. The van der Waals surface area contributed by atoms with Gasteiger partial charge < -0.3 is 9.84 Å². The summed E-state index contributed by atoms with van der Waals surface area (Å²) in [6.07, 6.45) is 0.105. The number of rotatable bonds is 6. The van der Waals surface area contributed by atoms with Gasteiger partial charge in [0.05, 0.1) is 24.1 Å². The van der Waals surface area contributed by atoms with Gasteiger partial charge in [0.2, 0.25) is 5.88 Å². The Bertz CT molecular complexity index is 793. The highest BCUT2D eigenvalue weighted by Gasteiger charge is 2.18. The zero-order chi connectivity index (χ0) is 14.8. The molecule has 0 radical (unpaired) electrons. The van der Waals surface area contributed by atoms with Gasteiger partial charge in [-0.05, 0) is 19.1 Å². The standard InChI is InChI=1S/C14H15N3O3S/c1-2-20-14-12(21-8-7-11(18)19)13-15-9-5-3-4-6-10(9)17(13)16-14/h3-6,16H,2,7-8H2,1H3,(H,18,19). The molecule has 3 rings (SSSR count). The number of nitrogens with zero attached hydrogens (tertiary/aromatic N) is 2. The molecule has 21 heavy (non-hydrogen) atoms. The minimum atomic E-state index is -0.805. The molecule has 3 aromatic rings. The third-order valence-corrected chi connectivity index (χ3v) is 4.10. The number of imidazole rings is 1. The van der Waals surface area contributed by atoms with Gasteiger partial charge in [0.1, 0.15) is 4.90 Å². The maximum atomic E-state index is 10.7. The van der Waals surface area contributed by atoms with Crippen LogP contribution in [0.15, 0.2) is 29.2 Å². The van der Waals surface area contributed by atoms with Crippen molar-refractivity contribution in [2.24, 2.45) is 0 Å². The number of hydrogen-bond donors (Lipinski definition) is 2. The molecule has 0 atom stereocenters. The van der Waals surface area contributed by atoms with Gasteiger partial charge in [-0.15, -0.1) is 11.8 Å². The molecule has 0 aliphatic rings. The summed E-state index contributed by atoms with van der Waals surface area (Å²) in [7, 11) is 0. The van der Waals surface area contributed by atoms with Crippen molar-refractivity contribution in [2.45, 2.75) is 18.2 Å². The maximum Gasteiger partial charge on any atom is 0.304 e. The van der Waals surface area contributed by atoms with Crippen molar-refractivity contribution in [3.8, 4) is 5.88 Å². The summed E-state index contributed by atoms with van der Waals surface area (Å²) in [5, 5.41) is 12.0. The molecule has 110 valence electrons. The second-order valence-corrected chi connectivity index (χ2v) is 5.56. The lowest BCUT2D eigenvalue weighted by molar-refractivity contribution is -0.136. The van der Waals surface area contributed by atoms with Crippen LogP contribution in [0, 0.1) is 0 Å². The first kappa shape index (κ1) is 13.8. The Morgan fingerprint density at radius 2 is 2.29 bits per heavy atom. The second kappa shape index (κ2) is 5.69. The SMILES string of the molecule is CCOc1[nH]n2c(nc3ccccc32)c1SCCC(=O)O. The third kappa shape index (κ3) is 2.56. The summed E-state index contributed by atoms with van der Waals surface area (Å²) in [5.41, 5.74) is 2.64. The van der Waals surface area contributed by atoms with Crippen molar-refractivity contribution in [2.75, 3.05) is 12.4 Å². The van der Waals surface area contributed by atoms with Crippen LogP contribution in [0.2, 0.25) is 0 Å². The van der Waals surface area contributed by atoms with Crippen LogP contribution in [-0.4, -0.2) is 38.0 Å². The molecule has 0 saturated carbocycles. The van der Waals surface area contributed by atoms with Gasteiger partial charge >= 0.3 is 5.97 Å². The maximum absolute atomic E-state index is 10.7. The van der Waals surface area contributed by atoms with E-state index in [1.807, 2.05) is 35.7 Å². The van der Waals surface area contributed by atoms with E-state index < -0.39 is 5.97 Å². The van der Waals surface area contributed by atoms with Gasteiger partial charge in [-0.25, -0.2) is 9.50 Å². The van der Waals surface area contributed by atoms with E-state index in [-0.39, 0.29) is 6.42 Å². The fourth-order valence-corrected chi connectivity index (χ4v) is 3.14.